The lowest BCUT2D eigenvalue weighted by Gasteiger charge is -2.25. The highest BCUT2D eigenvalue weighted by Crippen LogP contribution is 2.24. The van der Waals surface area contributed by atoms with Crippen molar-refractivity contribution in [2.24, 2.45) is 0 Å². The molecular formula is C18H24ClF2N5O. The van der Waals surface area contributed by atoms with Gasteiger partial charge in [-0.15, -0.1) is 17.5 Å². The van der Waals surface area contributed by atoms with Gasteiger partial charge < -0.3 is 10.2 Å². The van der Waals surface area contributed by atoms with Gasteiger partial charge in [0.25, 0.3) is 5.91 Å². The summed E-state index contributed by atoms with van der Waals surface area (Å²) in [5, 5.41) is 11.6. The van der Waals surface area contributed by atoms with Crippen LogP contribution < -0.4 is 5.32 Å². The zero-order valence-electron chi connectivity index (χ0n) is 15.6. The van der Waals surface area contributed by atoms with Gasteiger partial charge in [0.2, 0.25) is 0 Å². The molecule has 27 heavy (non-hydrogen) atoms. The quantitative estimate of drug-likeness (QED) is 0.858. The molecule has 1 aromatic carbocycles. The average Bonchev–Trinajstić information content (AvgIpc) is 3.04. The van der Waals surface area contributed by atoms with Crippen molar-refractivity contribution in [2.45, 2.75) is 38.8 Å². The summed E-state index contributed by atoms with van der Waals surface area (Å²) in [6.45, 7) is 5.43. The van der Waals surface area contributed by atoms with Gasteiger partial charge in [-0.2, -0.15) is 0 Å². The van der Waals surface area contributed by atoms with Crippen molar-refractivity contribution in [2.75, 3.05) is 20.1 Å². The second kappa shape index (κ2) is 8.75. The van der Waals surface area contributed by atoms with Crippen LogP contribution >= 0.6 is 12.4 Å². The Morgan fingerprint density at radius 3 is 2.59 bits per heavy atom. The molecule has 1 saturated heterocycles. The number of aromatic nitrogens is 3. The number of rotatable bonds is 4. The van der Waals surface area contributed by atoms with E-state index in [1.54, 1.807) is 14.0 Å². The fourth-order valence-corrected chi connectivity index (χ4v) is 3.28. The highest BCUT2D eigenvalue weighted by atomic mass is 35.5. The predicted octanol–water partition coefficient (Wildman–Crippen LogP) is 3.04. The lowest BCUT2D eigenvalue weighted by atomic mass is 10.1. The Morgan fingerprint density at radius 2 is 1.96 bits per heavy atom. The van der Waals surface area contributed by atoms with Gasteiger partial charge in [0.15, 0.2) is 17.3 Å². The fourth-order valence-electron chi connectivity index (χ4n) is 3.28. The van der Waals surface area contributed by atoms with Crippen LogP contribution in [0.2, 0.25) is 0 Å². The molecule has 0 saturated carbocycles. The highest BCUT2D eigenvalue weighted by Gasteiger charge is 2.27. The van der Waals surface area contributed by atoms with E-state index in [4.69, 9.17) is 0 Å². The Kier molecular flexibility index (Phi) is 6.89. The van der Waals surface area contributed by atoms with E-state index in [-0.39, 0.29) is 24.4 Å². The van der Waals surface area contributed by atoms with E-state index in [1.165, 1.54) is 11.0 Å². The Hall–Kier alpha value is -2.06. The first kappa shape index (κ1) is 21.2. The fraction of sp³-hybridized carbons (Fsp3) is 0.500. The number of benzene rings is 1. The highest BCUT2D eigenvalue weighted by molar-refractivity contribution is 5.93. The number of hydrogen-bond acceptors (Lipinski definition) is 4. The maximum atomic E-state index is 13.5. The number of halogens is 3. The minimum absolute atomic E-state index is 0. The molecule has 148 valence electrons. The lowest BCUT2D eigenvalue weighted by molar-refractivity contribution is 0.0735. The zero-order chi connectivity index (χ0) is 18.8. The molecule has 1 N–H and O–H groups in total. The molecule has 3 rings (SSSR count). The molecule has 9 heteroatoms. The first-order valence-electron chi connectivity index (χ1n) is 8.74. The van der Waals surface area contributed by atoms with Crippen molar-refractivity contribution in [3.63, 3.8) is 0 Å². The number of nitrogens with one attached hydrogen (secondary N) is 1. The van der Waals surface area contributed by atoms with Crippen LogP contribution in [0.3, 0.4) is 0 Å². The maximum absolute atomic E-state index is 13.5. The number of piperidine rings is 1. The third kappa shape index (κ3) is 4.27. The van der Waals surface area contributed by atoms with Gasteiger partial charge in [0.05, 0.1) is 17.8 Å². The van der Waals surface area contributed by atoms with E-state index >= 15 is 0 Å². The van der Waals surface area contributed by atoms with Gasteiger partial charge in [-0.3, -0.25) is 4.79 Å². The van der Waals surface area contributed by atoms with Gasteiger partial charge >= 0.3 is 0 Å². The van der Waals surface area contributed by atoms with Gasteiger partial charge in [-0.1, -0.05) is 11.3 Å². The summed E-state index contributed by atoms with van der Waals surface area (Å²) in [4.78, 5) is 14.3. The SMILES string of the molecule is Cc1c(C(=O)N(C)C(C)c2ccc(F)c(F)c2)nnn1C1CCNCC1.Cl. The molecule has 0 aliphatic carbocycles. The predicted molar refractivity (Wildman–Crippen MR) is 100 cm³/mol. The van der Waals surface area contributed by atoms with Crippen LogP contribution in [-0.2, 0) is 0 Å². The molecule has 6 nitrogen and oxygen atoms in total. The summed E-state index contributed by atoms with van der Waals surface area (Å²) < 4.78 is 28.5. The molecule has 1 fully saturated rings. The molecule has 2 aromatic rings. The molecule has 1 unspecified atom stereocenters. The topological polar surface area (TPSA) is 63.1 Å². The smallest absolute Gasteiger partial charge is 0.276 e. The van der Waals surface area contributed by atoms with Crippen LogP contribution in [0.1, 0.15) is 53.6 Å². The third-order valence-electron chi connectivity index (χ3n) is 5.11. The van der Waals surface area contributed by atoms with Crippen LogP contribution in [0, 0.1) is 18.6 Å². The standard InChI is InChI=1S/C18H23F2N5O.ClH/c1-11(13-4-5-15(19)16(20)10-13)24(3)18(26)17-12(2)25(23-22-17)14-6-8-21-9-7-14;/h4-5,10-11,14,21H,6-9H2,1-3H3;1H. The molecule has 0 radical (unpaired) electrons. The van der Waals surface area contributed by atoms with Crippen molar-refractivity contribution >= 4 is 18.3 Å². The number of nitrogens with zero attached hydrogens (tertiary/aromatic N) is 4. The number of hydrogen-bond donors (Lipinski definition) is 1. The third-order valence-corrected chi connectivity index (χ3v) is 5.11. The Morgan fingerprint density at radius 1 is 1.30 bits per heavy atom. The first-order chi connectivity index (χ1) is 12.4. The second-order valence-corrected chi connectivity index (χ2v) is 6.71. The second-order valence-electron chi connectivity index (χ2n) is 6.71. The molecule has 1 aliphatic heterocycles. The van der Waals surface area contributed by atoms with E-state index in [2.05, 4.69) is 15.6 Å². The van der Waals surface area contributed by atoms with Gasteiger partial charge in [0.1, 0.15) is 0 Å². The molecule has 1 aromatic heterocycles. The summed E-state index contributed by atoms with van der Waals surface area (Å²) in [5.74, 6) is -2.13. The molecule has 2 heterocycles. The van der Waals surface area contributed by atoms with Gasteiger partial charge in [-0.25, -0.2) is 13.5 Å². The van der Waals surface area contributed by atoms with E-state index in [9.17, 15) is 13.6 Å². The largest absolute Gasteiger partial charge is 0.333 e. The maximum Gasteiger partial charge on any atom is 0.276 e. The summed E-state index contributed by atoms with van der Waals surface area (Å²) in [6, 6.07) is 3.46. The minimum atomic E-state index is -0.928. The van der Waals surface area contributed by atoms with Crippen molar-refractivity contribution in [1.82, 2.24) is 25.2 Å². The van der Waals surface area contributed by atoms with Crippen LogP contribution in [-0.4, -0.2) is 45.9 Å². The van der Waals surface area contributed by atoms with E-state index in [1.807, 2.05) is 11.6 Å². The van der Waals surface area contributed by atoms with Crippen molar-refractivity contribution in [3.05, 3.63) is 46.8 Å². The number of carbonyl (C=O) groups excluding carboxylic acids is 1. The molecule has 1 aliphatic rings. The molecule has 1 amide bonds. The number of carbonyl (C=O) groups is 1. The normalized spacial score (nSPS) is 15.9. The molecular weight excluding hydrogens is 376 g/mol. The van der Waals surface area contributed by atoms with Crippen LogP contribution in [0.25, 0.3) is 0 Å². The first-order valence-corrected chi connectivity index (χ1v) is 8.74. The molecule has 0 spiro atoms. The van der Waals surface area contributed by atoms with E-state index in [0.29, 0.717) is 11.3 Å². The van der Waals surface area contributed by atoms with Crippen molar-refractivity contribution in [3.8, 4) is 0 Å². The Balaban J connectivity index is 0.00000261. The summed E-state index contributed by atoms with van der Waals surface area (Å²) >= 11 is 0. The Labute approximate surface area is 163 Å². The lowest BCUT2D eigenvalue weighted by Crippen LogP contribution is -2.31. The van der Waals surface area contributed by atoms with Crippen molar-refractivity contribution < 1.29 is 13.6 Å². The van der Waals surface area contributed by atoms with Crippen molar-refractivity contribution in [1.29, 1.82) is 0 Å². The van der Waals surface area contributed by atoms with E-state index < -0.39 is 17.7 Å². The van der Waals surface area contributed by atoms with Crippen LogP contribution in [0.4, 0.5) is 8.78 Å². The monoisotopic (exact) mass is 399 g/mol. The number of amides is 1. The van der Waals surface area contributed by atoms with Gasteiger partial charge in [-0.05, 0) is 57.5 Å². The van der Waals surface area contributed by atoms with Crippen LogP contribution in [0.5, 0.6) is 0 Å². The molecule has 1 atom stereocenters. The average molecular weight is 400 g/mol. The van der Waals surface area contributed by atoms with Crippen LogP contribution in [0.15, 0.2) is 18.2 Å². The van der Waals surface area contributed by atoms with Gasteiger partial charge in [0, 0.05) is 7.05 Å². The summed E-state index contributed by atoms with van der Waals surface area (Å²) in [6.07, 6.45) is 1.89. The molecule has 0 bridgehead atoms. The van der Waals surface area contributed by atoms with E-state index in [0.717, 1.165) is 43.8 Å². The summed E-state index contributed by atoms with van der Waals surface area (Å²) in [5.41, 5.74) is 1.54. The Bertz CT molecular complexity index is 807. The summed E-state index contributed by atoms with van der Waals surface area (Å²) in [7, 11) is 1.62. The zero-order valence-corrected chi connectivity index (χ0v) is 16.4. The minimum Gasteiger partial charge on any atom is -0.333 e.